The van der Waals surface area contributed by atoms with Crippen molar-refractivity contribution in [3.8, 4) is 0 Å². The van der Waals surface area contributed by atoms with E-state index in [0.29, 0.717) is 6.61 Å². The molecule has 5 heteroatoms. The van der Waals surface area contributed by atoms with Crippen LogP contribution in [0.4, 0.5) is 4.79 Å². The Morgan fingerprint density at radius 1 is 1.04 bits per heavy atom. The van der Waals surface area contributed by atoms with Gasteiger partial charge >= 0.3 is 6.09 Å². The van der Waals surface area contributed by atoms with Gasteiger partial charge in [0.1, 0.15) is 6.61 Å². The number of carbonyl (C=O) groups is 1. The molecule has 2 aliphatic rings. The van der Waals surface area contributed by atoms with E-state index in [0.717, 1.165) is 56.4 Å². The third kappa shape index (κ3) is 5.11. The Kier molecular flexibility index (Phi) is 7.18. The lowest BCUT2D eigenvalue weighted by Crippen LogP contribution is -2.42. The normalized spacial score (nSPS) is 19.9. The lowest BCUT2D eigenvalue weighted by atomic mass is 9.79. The maximum Gasteiger partial charge on any atom is 0.410 e. The van der Waals surface area contributed by atoms with Gasteiger partial charge in [-0.3, -0.25) is 0 Å². The van der Waals surface area contributed by atoms with Crippen molar-refractivity contribution in [2.45, 2.75) is 32.3 Å². The van der Waals surface area contributed by atoms with E-state index in [1.54, 1.807) is 0 Å². The molecule has 0 saturated carbocycles. The molecule has 0 bridgehead atoms. The molecule has 0 radical (unpaired) electrons. The van der Waals surface area contributed by atoms with Crippen LogP contribution in [0, 0.1) is 11.8 Å². The van der Waals surface area contributed by atoms with E-state index >= 15 is 0 Å². The molecular weight excluding hydrogens is 312 g/mol. The topological polar surface area (TPSA) is 41.6 Å². The Balaban J connectivity index is 0.00000192. The van der Waals surface area contributed by atoms with Crippen LogP contribution in [0.3, 0.4) is 0 Å². The number of halogens is 1. The van der Waals surface area contributed by atoms with Crippen molar-refractivity contribution >= 4 is 18.5 Å². The van der Waals surface area contributed by atoms with Crippen LogP contribution in [-0.4, -0.2) is 37.2 Å². The standard InChI is InChI=1S/C18H26N2O2.ClH/c21-18(22-14-15-4-2-1-3-5-15)20-12-8-17(9-13-20)16-6-10-19-11-7-16;/h1-5,16-17,19H,6-14H2;1H. The quantitative estimate of drug-likeness (QED) is 0.917. The predicted octanol–water partition coefficient (Wildman–Crippen LogP) is 3.46. The summed E-state index contributed by atoms with van der Waals surface area (Å²) in [5.74, 6) is 1.64. The van der Waals surface area contributed by atoms with E-state index in [9.17, 15) is 4.79 Å². The molecule has 2 heterocycles. The van der Waals surface area contributed by atoms with Gasteiger partial charge in [0.05, 0.1) is 0 Å². The molecule has 2 aliphatic heterocycles. The summed E-state index contributed by atoms with van der Waals surface area (Å²) in [7, 11) is 0. The molecule has 4 nitrogen and oxygen atoms in total. The van der Waals surface area contributed by atoms with Crippen LogP contribution in [0.15, 0.2) is 30.3 Å². The minimum absolute atomic E-state index is 0. The number of hydrogen-bond donors (Lipinski definition) is 1. The molecule has 1 aromatic rings. The molecule has 0 spiro atoms. The van der Waals surface area contributed by atoms with E-state index in [2.05, 4.69) is 5.32 Å². The summed E-state index contributed by atoms with van der Waals surface area (Å²) in [4.78, 5) is 14.0. The number of nitrogens with zero attached hydrogens (tertiary/aromatic N) is 1. The highest BCUT2D eigenvalue weighted by Crippen LogP contribution is 2.30. The van der Waals surface area contributed by atoms with Gasteiger partial charge in [-0.1, -0.05) is 30.3 Å². The predicted molar refractivity (Wildman–Crippen MR) is 93.8 cm³/mol. The highest BCUT2D eigenvalue weighted by Gasteiger charge is 2.29. The molecule has 0 aliphatic carbocycles. The summed E-state index contributed by atoms with van der Waals surface area (Å²) in [5.41, 5.74) is 1.04. The first-order valence-corrected chi connectivity index (χ1v) is 8.49. The van der Waals surface area contributed by atoms with E-state index < -0.39 is 0 Å². The SMILES string of the molecule is Cl.O=C(OCc1ccccc1)N1CCC(C2CCNCC2)CC1. The molecule has 3 rings (SSSR count). The van der Waals surface area contributed by atoms with Crippen molar-refractivity contribution in [3.63, 3.8) is 0 Å². The highest BCUT2D eigenvalue weighted by atomic mass is 35.5. The molecule has 1 aromatic carbocycles. The fraction of sp³-hybridized carbons (Fsp3) is 0.611. The van der Waals surface area contributed by atoms with Crippen molar-refractivity contribution in [3.05, 3.63) is 35.9 Å². The number of piperidine rings is 2. The summed E-state index contributed by atoms with van der Waals surface area (Å²) >= 11 is 0. The summed E-state index contributed by atoms with van der Waals surface area (Å²) in [6.07, 6.45) is 4.69. The van der Waals surface area contributed by atoms with Gasteiger partial charge in [-0.2, -0.15) is 0 Å². The molecule has 2 fully saturated rings. The second-order valence-electron chi connectivity index (χ2n) is 6.45. The molecule has 2 saturated heterocycles. The van der Waals surface area contributed by atoms with Crippen LogP contribution in [0.2, 0.25) is 0 Å². The van der Waals surface area contributed by atoms with Gasteiger partial charge in [0.2, 0.25) is 0 Å². The maximum absolute atomic E-state index is 12.1. The number of rotatable bonds is 3. The molecule has 128 valence electrons. The van der Waals surface area contributed by atoms with Crippen LogP contribution in [-0.2, 0) is 11.3 Å². The number of amides is 1. The van der Waals surface area contributed by atoms with Crippen LogP contribution in [0.1, 0.15) is 31.2 Å². The minimum Gasteiger partial charge on any atom is -0.445 e. The van der Waals surface area contributed by atoms with Gasteiger partial charge in [-0.25, -0.2) is 4.79 Å². The zero-order valence-corrected chi connectivity index (χ0v) is 14.4. The van der Waals surface area contributed by atoms with Gasteiger partial charge in [-0.05, 0) is 56.2 Å². The fourth-order valence-electron chi connectivity index (χ4n) is 3.68. The van der Waals surface area contributed by atoms with Gasteiger partial charge in [0.25, 0.3) is 0 Å². The number of carbonyl (C=O) groups excluding carboxylic acids is 1. The number of nitrogens with one attached hydrogen (secondary N) is 1. The Morgan fingerprint density at radius 2 is 1.65 bits per heavy atom. The average Bonchev–Trinajstić information content (AvgIpc) is 2.61. The van der Waals surface area contributed by atoms with Crippen LogP contribution >= 0.6 is 12.4 Å². The number of hydrogen-bond acceptors (Lipinski definition) is 3. The molecule has 0 unspecified atom stereocenters. The van der Waals surface area contributed by atoms with Gasteiger partial charge in [-0.15, -0.1) is 12.4 Å². The third-order valence-electron chi connectivity index (χ3n) is 5.05. The average molecular weight is 339 g/mol. The van der Waals surface area contributed by atoms with Crippen LogP contribution in [0.5, 0.6) is 0 Å². The lowest BCUT2D eigenvalue weighted by molar-refractivity contribution is 0.0725. The Hall–Kier alpha value is -1.26. The van der Waals surface area contributed by atoms with Crippen molar-refractivity contribution in [2.24, 2.45) is 11.8 Å². The molecular formula is C18H27ClN2O2. The van der Waals surface area contributed by atoms with E-state index in [4.69, 9.17) is 4.74 Å². The fourth-order valence-corrected chi connectivity index (χ4v) is 3.68. The van der Waals surface area contributed by atoms with E-state index in [1.807, 2.05) is 35.2 Å². The van der Waals surface area contributed by atoms with Gasteiger partial charge in [0, 0.05) is 13.1 Å². The maximum atomic E-state index is 12.1. The van der Waals surface area contributed by atoms with E-state index in [1.165, 1.54) is 12.8 Å². The van der Waals surface area contributed by atoms with Crippen LogP contribution < -0.4 is 5.32 Å². The van der Waals surface area contributed by atoms with Crippen molar-refractivity contribution < 1.29 is 9.53 Å². The number of ether oxygens (including phenoxy) is 1. The number of likely N-dealkylation sites (tertiary alicyclic amines) is 1. The van der Waals surface area contributed by atoms with Gasteiger partial charge in [0.15, 0.2) is 0 Å². The minimum atomic E-state index is -0.160. The third-order valence-corrected chi connectivity index (χ3v) is 5.05. The first-order valence-electron chi connectivity index (χ1n) is 8.49. The second-order valence-corrected chi connectivity index (χ2v) is 6.45. The molecule has 1 amide bonds. The second kappa shape index (κ2) is 9.14. The molecule has 23 heavy (non-hydrogen) atoms. The largest absolute Gasteiger partial charge is 0.445 e. The molecule has 1 N–H and O–H groups in total. The zero-order valence-electron chi connectivity index (χ0n) is 13.6. The summed E-state index contributed by atoms with van der Waals surface area (Å²) in [6, 6.07) is 9.87. The summed E-state index contributed by atoms with van der Waals surface area (Å²) < 4.78 is 5.43. The van der Waals surface area contributed by atoms with E-state index in [-0.39, 0.29) is 18.5 Å². The summed E-state index contributed by atoms with van der Waals surface area (Å²) in [5, 5.41) is 3.43. The smallest absolute Gasteiger partial charge is 0.410 e. The van der Waals surface area contributed by atoms with Crippen molar-refractivity contribution in [2.75, 3.05) is 26.2 Å². The Morgan fingerprint density at radius 3 is 2.30 bits per heavy atom. The van der Waals surface area contributed by atoms with Gasteiger partial charge < -0.3 is 15.0 Å². The van der Waals surface area contributed by atoms with Crippen molar-refractivity contribution in [1.82, 2.24) is 10.2 Å². The lowest BCUT2D eigenvalue weighted by Gasteiger charge is -2.37. The first kappa shape index (κ1) is 18.1. The summed E-state index contributed by atoms with van der Waals surface area (Å²) in [6.45, 7) is 4.38. The molecule has 0 aromatic heterocycles. The highest BCUT2D eigenvalue weighted by molar-refractivity contribution is 5.85. The zero-order chi connectivity index (χ0) is 15.2. The van der Waals surface area contributed by atoms with Crippen LogP contribution in [0.25, 0.3) is 0 Å². The first-order chi connectivity index (χ1) is 10.8. The monoisotopic (exact) mass is 338 g/mol. The number of benzene rings is 1. The Labute approximate surface area is 145 Å². The molecule has 0 atom stereocenters. The Bertz CT molecular complexity index is 469. The van der Waals surface area contributed by atoms with Crippen molar-refractivity contribution in [1.29, 1.82) is 0 Å².